The summed E-state index contributed by atoms with van der Waals surface area (Å²) in [6, 6.07) is 6.04. The van der Waals surface area contributed by atoms with Crippen LogP contribution in [-0.4, -0.2) is 13.2 Å². The first-order chi connectivity index (χ1) is 12.7. The minimum Gasteiger partial charge on any atom is -0.486 e. The SMILES string of the molecule is CCc1cc(F)c(OCc2c(NC(=O)OC)cccc2C(F)(F)F)cc1C. The fraction of sp³-hybridized carbons (Fsp3) is 0.316. The Bertz CT molecular complexity index is 834. The third-order valence-electron chi connectivity index (χ3n) is 4.05. The average Bonchev–Trinajstić information content (AvgIpc) is 2.61. The third-order valence-corrected chi connectivity index (χ3v) is 4.05. The van der Waals surface area contributed by atoms with E-state index in [0.717, 1.165) is 30.4 Å². The van der Waals surface area contributed by atoms with Crippen molar-refractivity contribution >= 4 is 11.8 Å². The first-order valence-corrected chi connectivity index (χ1v) is 8.13. The molecule has 0 spiro atoms. The number of aryl methyl sites for hydroxylation is 2. The highest BCUT2D eigenvalue weighted by Crippen LogP contribution is 2.36. The van der Waals surface area contributed by atoms with Crippen LogP contribution in [0.1, 0.15) is 29.2 Å². The Hall–Kier alpha value is -2.77. The first-order valence-electron chi connectivity index (χ1n) is 8.13. The zero-order valence-corrected chi connectivity index (χ0v) is 15.0. The van der Waals surface area contributed by atoms with Gasteiger partial charge in [-0.25, -0.2) is 9.18 Å². The van der Waals surface area contributed by atoms with Crippen LogP contribution in [0.4, 0.5) is 28.0 Å². The van der Waals surface area contributed by atoms with Crippen LogP contribution in [0.25, 0.3) is 0 Å². The number of amides is 1. The summed E-state index contributed by atoms with van der Waals surface area (Å²) in [5, 5.41) is 2.22. The normalized spacial score (nSPS) is 11.2. The number of methoxy groups -OCH3 is 1. The van der Waals surface area contributed by atoms with Crippen LogP contribution in [0.5, 0.6) is 5.75 Å². The topological polar surface area (TPSA) is 47.6 Å². The van der Waals surface area contributed by atoms with Gasteiger partial charge in [-0.1, -0.05) is 13.0 Å². The van der Waals surface area contributed by atoms with E-state index in [9.17, 15) is 22.4 Å². The van der Waals surface area contributed by atoms with Crippen LogP contribution >= 0.6 is 0 Å². The molecule has 0 heterocycles. The van der Waals surface area contributed by atoms with Gasteiger partial charge < -0.3 is 9.47 Å². The molecule has 0 aromatic heterocycles. The summed E-state index contributed by atoms with van der Waals surface area (Å²) in [6.07, 6.45) is -4.98. The Labute approximate surface area is 154 Å². The van der Waals surface area contributed by atoms with Crippen LogP contribution in [0, 0.1) is 12.7 Å². The number of halogens is 4. The lowest BCUT2D eigenvalue weighted by atomic mass is 10.0. The second-order valence-electron chi connectivity index (χ2n) is 5.80. The number of hydrogen-bond acceptors (Lipinski definition) is 3. The van der Waals surface area contributed by atoms with Gasteiger partial charge in [0.1, 0.15) is 6.61 Å². The molecule has 0 aliphatic rings. The van der Waals surface area contributed by atoms with Crippen LogP contribution in [0.2, 0.25) is 0 Å². The van der Waals surface area contributed by atoms with E-state index in [1.165, 1.54) is 18.2 Å². The molecule has 2 rings (SSSR count). The number of rotatable bonds is 5. The van der Waals surface area contributed by atoms with Gasteiger partial charge in [0, 0.05) is 5.56 Å². The van der Waals surface area contributed by atoms with Gasteiger partial charge in [0.2, 0.25) is 0 Å². The summed E-state index contributed by atoms with van der Waals surface area (Å²) in [5.74, 6) is -0.824. The number of anilines is 1. The maximum Gasteiger partial charge on any atom is 0.416 e. The molecule has 0 saturated carbocycles. The summed E-state index contributed by atoms with van der Waals surface area (Å²) in [7, 11) is 1.09. The van der Waals surface area contributed by atoms with E-state index >= 15 is 0 Å². The third kappa shape index (κ3) is 4.90. The van der Waals surface area contributed by atoms with Crippen LogP contribution < -0.4 is 10.1 Å². The molecule has 2 aromatic rings. The van der Waals surface area contributed by atoms with Crippen LogP contribution in [0.15, 0.2) is 30.3 Å². The molecule has 0 atom stereocenters. The predicted molar refractivity (Wildman–Crippen MR) is 92.3 cm³/mol. The summed E-state index contributed by atoms with van der Waals surface area (Å²) in [6.45, 7) is 3.04. The number of ether oxygens (including phenoxy) is 2. The van der Waals surface area contributed by atoms with Crippen molar-refractivity contribution in [1.29, 1.82) is 0 Å². The maximum atomic E-state index is 14.2. The standard InChI is InChI=1S/C19H19F4NO3/c1-4-12-9-15(20)17(8-11(12)2)27-10-13-14(19(21,22)23)6-5-7-16(13)24-18(25)26-3/h5-9H,4,10H2,1-3H3,(H,24,25). The lowest BCUT2D eigenvalue weighted by Crippen LogP contribution is -2.17. The molecule has 1 amide bonds. The molecule has 0 fully saturated rings. The van der Waals surface area contributed by atoms with Gasteiger partial charge in [-0.15, -0.1) is 0 Å². The van der Waals surface area contributed by atoms with E-state index in [0.29, 0.717) is 6.42 Å². The fourth-order valence-electron chi connectivity index (χ4n) is 2.62. The number of carbonyl (C=O) groups is 1. The number of hydrogen-bond donors (Lipinski definition) is 1. The largest absolute Gasteiger partial charge is 0.486 e. The van der Waals surface area contributed by atoms with Crippen molar-refractivity contribution in [2.45, 2.75) is 33.1 Å². The van der Waals surface area contributed by atoms with E-state index in [2.05, 4.69) is 10.1 Å². The first kappa shape index (κ1) is 20.5. The Morgan fingerprint density at radius 3 is 2.52 bits per heavy atom. The van der Waals surface area contributed by atoms with E-state index < -0.39 is 30.3 Å². The van der Waals surface area contributed by atoms with Crippen LogP contribution in [0.3, 0.4) is 0 Å². The van der Waals surface area contributed by atoms with Crippen molar-refractivity contribution in [2.24, 2.45) is 0 Å². The van der Waals surface area contributed by atoms with Crippen LogP contribution in [-0.2, 0) is 23.9 Å². The Kier molecular flexibility index (Phi) is 6.30. The molecular formula is C19H19F4NO3. The zero-order valence-electron chi connectivity index (χ0n) is 15.0. The second kappa shape index (κ2) is 8.28. The Balaban J connectivity index is 2.39. The molecule has 0 radical (unpaired) electrons. The minimum absolute atomic E-state index is 0.126. The molecule has 27 heavy (non-hydrogen) atoms. The molecule has 0 aliphatic carbocycles. The summed E-state index contributed by atoms with van der Waals surface area (Å²) in [4.78, 5) is 11.4. The van der Waals surface area contributed by atoms with E-state index in [1.54, 1.807) is 6.92 Å². The van der Waals surface area contributed by atoms with Gasteiger partial charge in [0.25, 0.3) is 0 Å². The average molecular weight is 385 g/mol. The molecule has 1 N–H and O–H groups in total. The molecule has 0 unspecified atom stereocenters. The van der Waals surface area contributed by atoms with Gasteiger partial charge in [-0.3, -0.25) is 5.32 Å². The van der Waals surface area contributed by atoms with Gasteiger partial charge >= 0.3 is 12.3 Å². The van der Waals surface area contributed by atoms with Gasteiger partial charge in [-0.05, 0) is 48.7 Å². The second-order valence-corrected chi connectivity index (χ2v) is 5.80. The van der Waals surface area contributed by atoms with Crippen molar-refractivity contribution in [2.75, 3.05) is 12.4 Å². The van der Waals surface area contributed by atoms with Crippen molar-refractivity contribution in [1.82, 2.24) is 0 Å². The minimum atomic E-state index is -4.67. The highest BCUT2D eigenvalue weighted by atomic mass is 19.4. The molecule has 0 bridgehead atoms. The van der Waals surface area contributed by atoms with Crippen molar-refractivity contribution in [3.8, 4) is 5.75 Å². The van der Waals surface area contributed by atoms with Gasteiger partial charge in [-0.2, -0.15) is 13.2 Å². The van der Waals surface area contributed by atoms with Crippen molar-refractivity contribution in [3.63, 3.8) is 0 Å². The van der Waals surface area contributed by atoms with Gasteiger partial charge in [0.15, 0.2) is 11.6 Å². The lowest BCUT2D eigenvalue weighted by molar-refractivity contribution is -0.138. The maximum absolute atomic E-state index is 14.2. The highest BCUT2D eigenvalue weighted by Gasteiger charge is 2.34. The molecule has 0 saturated heterocycles. The van der Waals surface area contributed by atoms with E-state index in [1.807, 2.05) is 6.92 Å². The Morgan fingerprint density at radius 2 is 1.93 bits per heavy atom. The Morgan fingerprint density at radius 1 is 1.22 bits per heavy atom. The molecule has 8 heteroatoms. The summed E-state index contributed by atoms with van der Waals surface area (Å²) in [5.41, 5.74) is 0.110. The smallest absolute Gasteiger partial charge is 0.416 e. The fourth-order valence-corrected chi connectivity index (χ4v) is 2.62. The number of carbonyl (C=O) groups excluding carboxylic acids is 1. The summed E-state index contributed by atoms with van der Waals surface area (Å²) >= 11 is 0. The zero-order chi connectivity index (χ0) is 20.2. The quantitative estimate of drug-likeness (QED) is 0.694. The highest BCUT2D eigenvalue weighted by molar-refractivity contribution is 5.85. The molecule has 0 aliphatic heterocycles. The lowest BCUT2D eigenvalue weighted by Gasteiger charge is -2.18. The van der Waals surface area contributed by atoms with Crippen molar-refractivity contribution in [3.05, 3.63) is 58.4 Å². The number of benzene rings is 2. The number of nitrogens with one attached hydrogen (secondary N) is 1. The summed E-state index contributed by atoms with van der Waals surface area (Å²) < 4.78 is 64.0. The monoisotopic (exact) mass is 385 g/mol. The van der Waals surface area contributed by atoms with E-state index in [-0.39, 0.29) is 17.0 Å². The molecule has 4 nitrogen and oxygen atoms in total. The van der Waals surface area contributed by atoms with E-state index in [4.69, 9.17) is 4.74 Å². The van der Waals surface area contributed by atoms with Crippen molar-refractivity contribution < 1.29 is 31.8 Å². The number of alkyl halides is 3. The molecule has 146 valence electrons. The molecular weight excluding hydrogens is 366 g/mol. The molecule has 2 aromatic carbocycles. The predicted octanol–water partition coefficient (Wildman–Crippen LogP) is 5.47. The van der Waals surface area contributed by atoms with Gasteiger partial charge in [0.05, 0.1) is 18.4 Å².